The van der Waals surface area contributed by atoms with E-state index in [1.807, 2.05) is 19.0 Å². The van der Waals surface area contributed by atoms with Gasteiger partial charge in [-0.2, -0.15) is 23.0 Å². The van der Waals surface area contributed by atoms with Crippen molar-refractivity contribution in [2.24, 2.45) is 11.8 Å². The van der Waals surface area contributed by atoms with Crippen LogP contribution in [0.25, 0.3) is 0 Å². The molecule has 3 heterocycles. The zero-order valence-electron chi connectivity index (χ0n) is 16.4. The van der Waals surface area contributed by atoms with Gasteiger partial charge in [-0.1, -0.05) is 18.2 Å². The number of hydrogen-bond donors (Lipinski definition) is 0. The highest BCUT2D eigenvalue weighted by molar-refractivity contribution is 5.77. The summed E-state index contributed by atoms with van der Waals surface area (Å²) < 4.78 is 41.1. The summed E-state index contributed by atoms with van der Waals surface area (Å²) in [4.78, 5) is 18.5. The number of carbonyl (C=O) groups excluding carboxylic acids is 1. The molecule has 0 bridgehead atoms. The Morgan fingerprint density at radius 2 is 1.79 bits per heavy atom. The number of nitrogens with zero attached hydrogens (tertiary/aromatic N) is 5. The lowest BCUT2D eigenvalue weighted by atomic mass is 10.0. The van der Waals surface area contributed by atoms with Crippen LogP contribution in [0.1, 0.15) is 11.1 Å². The van der Waals surface area contributed by atoms with Gasteiger partial charge < -0.3 is 9.80 Å². The van der Waals surface area contributed by atoms with Crippen LogP contribution in [-0.2, 0) is 12.7 Å². The highest BCUT2D eigenvalue weighted by Crippen LogP contribution is 2.35. The molecule has 0 N–H and O–H groups in total. The van der Waals surface area contributed by atoms with Crippen LogP contribution in [0.5, 0.6) is 0 Å². The third kappa shape index (κ3) is 3.96. The monoisotopic (exact) mass is 407 g/mol. The van der Waals surface area contributed by atoms with Crippen molar-refractivity contribution in [3.05, 3.63) is 47.8 Å². The van der Waals surface area contributed by atoms with Crippen LogP contribution in [0.4, 0.5) is 23.7 Å². The first-order valence-electron chi connectivity index (χ1n) is 9.61. The van der Waals surface area contributed by atoms with E-state index in [1.165, 1.54) is 10.7 Å². The molecule has 1 aromatic heterocycles. The van der Waals surface area contributed by atoms with Crippen molar-refractivity contribution in [3.8, 4) is 0 Å². The number of amides is 1. The number of likely N-dealkylation sites (tertiary alicyclic amines) is 2. The maximum Gasteiger partial charge on any atom is 0.416 e. The highest BCUT2D eigenvalue weighted by Gasteiger charge is 2.42. The van der Waals surface area contributed by atoms with E-state index in [1.54, 1.807) is 29.4 Å². The van der Waals surface area contributed by atoms with Gasteiger partial charge in [0.05, 0.1) is 23.6 Å². The van der Waals surface area contributed by atoms with Gasteiger partial charge in [-0.15, -0.1) is 0 Å². The second-order valence-corrected chi connectivity index (χ2v) is 8.09. The molecule has 29 heavy (non-hydrogen) atoms. The van der Waals surface area contributed by atoms with Gasteiger partial charge in [-0.25, -0.2) is 4.79 Å². The molecule has 9 heteroatoms. The molecule has 1 amide bonds. The molecule has 2 aliphatic heterocycles. The normalized spacial score (nSPS) is 22.2. The molecule has 0 radical (unpaired) electrons. The number of carbonyl (C=O) groups is 1. The lowest BCUT2D eigenvalue weighted by Crippen LogP contribution is -2.36. The summed E-state index contributed by atoms with van der Waals surface area (Å²) in [5.74, 6) is 0.557. The van der Waals surface area contributed by atoms with Gasteiger partial charge in [0, 0.05) is 46.8 Å². The molecule has 0 aliphatic carbocycles. The molecular weight excluding hydrogens is 383 g/mol. The van der Waals surface area contributed by atoms with Crippen LogP contribution in [-0.4, -0.2) is 65.9 Å². The standard InChI is InChI=1S/C20H24F3N5O/c1-25(2)17-7-24-28(13-17)19(29)27-11-15-9-26(10-16(15)12-27)8-14-5-3-4-6-18(14)20(21,22)23/h3-7,13,15-16H,8-12H2,1-2H3. The number of fused-ring (bicyclic) bond motifs is 1. The topological polar surface area (TPSA) is 44.6 Å². The lowest BCUT2D eigenvalue weighted by molar-refractivity contribution is -0.138. The maximum absolute atomic E-state index is 13.2. The minimum atomic E-state index is -4.34. The summed E-state index contributed by atoms with van der Waals surface area (Å²) in [6, 6.07) is 5.60. The quantitative estimate of drug-likeness (QED) is 0.785. The number of halogens is 3. The van der Waals surface area contributed by atoms with E-state index < -0.39 is 11.7 Å². The van der Waals surface area contributed by atoms with Crippen molar-refractivity contribution in [2.75, 3.05) is 45.2 Å². The minimum absolute atomic E-state index is 0.151. The molecule has 2 unspecified atom stereocenters. The summed E-state index contributed by atoms with van der Waals surface area (Å²) >= 11 is 0. The molecule has 2 saturated heterocycles. The molecule has 2 atom stereocenters. The molecule has 2 aromatic rings. The molecule has 0 spiro atoms. The first-order valence-corrected chi connectivity index (χ1v) is 9.61. The number of anilines is 1. The molecule has 0 saturated carbocycles. The molecule has 6 nitrogen and oxygen atoms in total. The third-order valence-electron chi connectivity index (χ3n) is 5.83. The SMILES string of the molecule is CN(C)c1cnn(C(=O)N2CC3CN(Cc4ccccc4C(F)(F)F)CC3C2)c1. The fourth-order valence-corrected chi connectivity index (χ4v) is 4.34. The van der Waals surface area contributed by atoms with Crippen molar-refractivity contribution < 1.29 is 18.0 Å². The largest absolute Gasteiger partial charge is 0.416 e. The number of aromatic nitrogens is 2. The van der Waals surface area contributed by atoms with E-state index in [0.29, 0.717) is 31.7 Å². The van der Waals surface area contributed by atoms with E-state index in [9.17, 15) is 18.0 Å². The van der Waals surface area contributed by atoms with E-state index in [4.69, 9.17) is 0 Å². The maximum atomic E-state index is 13.2. The number of alkyl halides is 3. The Balaban J connectivity index is 1.38. The Morgan fingerprint density at radius 1 is 1.14 bits per heavy atom. The summed E-state index contributed by atoms with van der Waals surface area (Å²) in [7, 11) is 3.77. The Labute approximate surface area is 167 Å². The van der Waals surface area contributed by atoms with Crippen molar-refractivity contribution in [3.63, 3.8) is 0 Å². The third-order valence-corrected chi connectivity index (χ3v) is 5.83. The predicted molar refractivity (Wildman–Crippen MR) is 103 cm³/mol. The lowest BCUT2D eigenvalue weighted by Gasteiger charge is -2.22. The van der Waals surface area contributed by atoms with E-state index in [0.717, 1.165) is 11.8 Å². The molecule has 2 fully saturated rings. The Morgan fingerprint density at radius 3 is 2.38 bits per heavy atom. The Kier molecular flexibility index (Phi) is 5.02. The minimum Gasteiger partial charge on any atom is -0.375 e. The summed E-state index contributed by atoms with van der Waals surface area (Å²) in [6.07, 6.45) is -0.990. The first kappa shape index (κ1) is 19.8. The zero-order chi connectivity index (χ0) is 20.8. The average Bonchev–Trinajstić information content (AvgIpc) is 3.35. The fraction of sp³-hybridized carbons (Fsp3) is 0.500. The van der Waals surface area contributed by atoms with Crippen LogP contribution >= 0.6 is 0 Å². The van der Waals surface area contributed by atoms with Crippen LogP contribution in [0.2, 0.25) is 0 Å². The molecular formula is C20H24F3N5O. The van der Waals surface area contributed by atoms with Crippen molar-refractivity contribution in [1.82, 2.24) is 19.6 Å². The summed E-state index contributed by atoms with van der Waals surface area (Å²) in [5.41, 5.74) is 0.595. The average molecular weight is 407 g/mol. The van der Waals surface area contributed by atoms with Gasteiger partial charge in [0.2, 0.25) is 0 Å². The summed E-state index contributed by atoms with van der Waals surface area (Å²) in [5, 5.41) is 4.15. The second-order valence-electron chi connectivity index (χ2n) is 8.09. The van der Waals surface area contributed by atoms with Gasteiger partial charge in [0.1, 0.15) is 0 Å². The second kappa shape index (κ2) is 7.37. The van der Waals surface area contributed by atoms with Crippen LogP contribution in [0.3, 0.4) is 0 Å². The molecule has 1 aromatic carbocycles. The number of rotatable bonds is 3. The van der Waals surface area contributed by atoms with E-state index in [-0.39, 0.29) is 24.4 Å². The highest BCUT2D eigenvalue weighted by atomic mass is 19.4. The molecule has 4 rings (SSSR count). The van der Waals surface area contributed by atoms with Crippen molar-refractivity contribution in [2.45, 2.75) is 12.7 Å². The zero-order valence-corrected chi connectivity index (χ0v) is 16.4. The fourth-order valence-electron chi connectivity index (χ4n) is 4.34. The first-order chi connectivity index (χ1) is 13.7. The van der Waals surface area contributed by atoms with Gasteiger partial charge in [-0.05, 0) is 23.5 Å². The van der Waals surface area contributed by atoms with E-state index >= 15 is 0 Å². The van der Waals surface area contributed by atoms with Gasteiger partial charge >= 0.3 is 12.2 Å². The van der Waals surface area contributed by atoms with Crippen LogP contribution < -0.4 is 4.90 Å². The predicted octanol–water partition coefficient (Wildman–Crippen LogP) is 3.00. The van der Waals surface area contributed by atoms with E-state index in [2.05, 4.69) is 10.00 Å². The number of hydrogen-bond acceptors (Lipinski definition) is 4. The van der Waals surface area contributed by atoms with Gasteiger partial charge in [0.15, 0.2) is 0 Å². The number of benzene rings is 1. The summed E-state index contributed by atoms with van der Waals surface area (Å²) in [6.45, 7) is 2.89. The smallest absolute Gasteiger partial charge is 0.375 e. The molecule has 2 aliphatic rings. The van der Waals surface area contributed by atoms with Gasteiger partial charge in [0.25, 0.3) is 0 Å². The Bertz CT molecular complexity index is 880. The van der Waals surface area contributed by atoms with Crippen molar-refractivity contribution in [1.29, 1.82) is 0 Å². The van der Waals surface area contributed by atoms with Crippen LogP contribution in [0, 0.1) is 11.8 Å². The van der Waals surface area contributed by atoms with Crippen molar-refractivity contribution >= 4 is 11.7 Å². The van der Waals surface area contributed by atoms with Crippen LogP contribution in [0.15, 0.2) is 36.7 Å². The van der Waals surface area contributed by atoms with Gasteiger partial charge in [-0.3, -0.25) is 4.90 Å². The molecule has 156 valence electrons. The Hall–Kier alpha value is -2.55.